The summed E-state index contributed by atoms with van der Waals surface area (Å²) in [5.41, 5.74) is 5.64. The van der Waals surface area contributed by atoms with Crippen molar-refractivity contribution < 1.29 is 5.11 Å². The number of thioether (sulfide) groups is 1. The van der Waals surface area contributed by atoms with Crippen molar-refractivity contribution in [1.29, 1.82) is 0 Å². The van der Waals surface area contributed by atoms with Gasteiger partial charge < -0.3 is 10.8 Å². The van der Waals surface area contributed by atoms with Crippen LogP contribution in [0.1, 0.15) is 58.3 Å². The van der Waals surface area contributed by atoms with E-state index in [0.717, 1.165) is 43.8 Å². The Morgan fingerprint density at radius 1 is 1.24 bits per heavy atom. The topological polar surface area (TPSA) is 46.2 Å². The number of hydrogen-bond acceptors (Lipinski definition) is 3. The van der Waals surface area contributed by atoms with E-state index in [9.17, 15) is 5.11 Å². The molecule has 3 unspecified atom stereocenters. The lowest BCUT2D eigenvalue weighted by Crippen LogP contribution is -2.63. The van der Waals surface area contributed by atoms with Crippen LogP contribution in [-0.2, 0) is 0 Å². The van der Waals surface area contributed by atoms with Crippen LogP contribution in [0.3, 0.4) is 0 Å². The quantitative estimate of drug-likeness (QED) is 0.748. The van der Waals surface area contributed by atoms with Gasteiger partial charge in [0.1, 0.15) is 0 Å². The molecular formula is C14H27NOS. The van der Waals surface area contributed by atoms with Crippen LogP contribution < -0.4 is 5.73 Å². The van der Waals surface area contributed by atoms with Crippen LogP contribution in [0.4, 0.5) is 0 Å². The molecule has 0 aromatic heterocycles. The van der Waals surface area contributed by atoms with Gasteiger partial charge in [0.2, 0.25) is 0 Å². The molecular weight excluding hydrogens is 230 g/mol. The van der Waals surface area contributed by atoms with Crippen LogP contribution in [0.25, 0.3) is 0 Å². The van der Waals surface area contributed by atoms with Crippen molar-refractivity contribution in [2.45, 2.75) is 69.4 Å². The Labute approximate surface area is 110 Å². The summed E-state index contributed by atoms with van der Waals surface area (Å²) >= 11 is 1.92. The van der Waals surface area contributed by atoms with Crippen molar-refractivity contribution >= 4 is 11.8 Å². The maximum atomic E-state index is 11.0. The van der Waals surface area contributed by atoms with Gasteiger partial charge in [0, 0.05) is 5.75 Å². The SMILES string of the molecule is CCC1CCCC(O)(C2(N)CCCSC2)CC1. The first-order valence-electron chi connectivity index (χ1n) is 7.19. The Kier molecular flexibility index (Phi) is 4.43. The average Bonchev–Trinajstić information content (AvgIpc) is 2.53. The van der Waals surface area contributed by atoms with Crippen molar-refractivity contribution in [2.75, 3.05) is 11.5 Å². The Morgan fingerprint density at radius 2 is 2.06 bits per heavy atom. The molecule has 3 N–H and O–H groups in total. The van der Waals surface area contributed by atoms with Crippen molar-refractivity contribution in [2.24, 2.45) is 11.7 Å². The summed E-state index contributed by atoms with van der Waals surface area (Å²) in [6.07, 6.45) is 8.86. The van der Waals surface area contributed by atoms with Gasteiger partial charge >= 0.3 is 0 Å². The smallest absolute Gasteiger partial charge is 0.0834 e. The van der Waals surface area contributed by atoms with Crippen LogP contribution >= 0.6 is 11.8 Å². The van der Waals surface area contributed by atoms with E-state index in [-0.39, 0.29) is 5.54 Å². The second kappa shape index (κ2) is 5.50. The fourth-order valence-corrected chi connectivity index (χ4v) is 4.75. The molecule has 1 heterocycles. The molecule has 1 saturated heterocycles. The minimum Gasteiger partial charge on any atom is -0.388 e. The third-order valence-corrected chi connectivity index (χ3v) is 6.24. The summed E-state index contributed by atoms with van der Waals surface area (Å²) in [4.78, 5) is 0. The van der Waals surface area contributed by atoms with Gasteiger partial charge in [-0.15, -0.1) is 0 Å². The number of nitrogens with two attached hydrogens (primary N) is 1. The maximum absolute atomic E-state index is 11.0. The van der Waals surface area contributed by atoms with E-state index in [1.807, 2.05) is 11.8 Å². The molecule has 2 nitrogen and oxygen atoms in total. The van der Waals surface area contributed by atoms with Crippen LogP contribution in [0.5, 0.6) is 0 Å². The Bertz CT molecular complexity index is 253. The van der Waals surface area contributed by atoms with Gasteiger partial charge in [-0.05, 0) is 43.8 Å². The van der Waals surface area contributed by atoms with Crippen LogP contribution in [0.15, 0.2) is 0 Å². The molecule has 100 valence electrons. The summed E-state index contributed by atoms with van der Waals surface area (Å²) in [6, 6.07) is 0. The average molecular weight is 257 g/mol. The van der Waals surface area contributed by atoms with Gasteiger partial charge in [-0.1, -0.05) is 26.2 Å². The minimum absolute atomic E-state index is 0.321. The zero-order valence-corrected chi connectivity index (χ0v) is 11.9. The molecule has 2 fully saturated rings. The van der Waals surface area contributed by atoms with Crippen molar-refractivity contribution in [3.8, 4) is 0 Å². The first-order valence-corrected chi connectivity index (χ1v) is 8.34. The zero-order valence-electron chi connectivity index (χ0n) is 11.1. The van der Waals surface area contributed by atoms with Crippen LogP contribution in [0, 0.1) is 5.92 Å². The lowest BCUT2D eigenvalue weighted by molar-refractivity contribution is -0.0447. The predicted octanol–water partition coefficient (Wildman–Crippen LogP) is 2.93. The highest BCUT2D eigenvalue weighted by Gasteiger charge is 2.48. The first-order chi connectivity index (χ1) is 8.10. The fourth-order valence-electron chi connectivity index (χ4n) is 3.48. The second-order valence-electron chi connectivity index (χ2n) is 6.05. The molecule has 0 spiro atoms. The summed E-state index contributed by atoms with van der Waals surface area (Å²) in [5.74, 6) is 2.97. The number of rotatable bonds is 2. The maximum Gasteiger partial charge on any atom is 0.0834 e. The highest BCUT2D eigenvalue weighted by atomic mass is 32.2. The molecule has 0 radical (unpaired) electrons. The summed E-state index contributed by atoms with van der Waals surface area (Å²) < 4.78 is 0. The third kappa shape index (κ3) is 2.82. The van der Waals surface area contributed by atoms with Crippen molar-refractivity contribution in [1.82, 2.24) is 0 Å². The third-order valence-electron chi connectivity index (χ3n) is 4.94. The van der Waals surface area contributed by atoms with E-state index >= 15 is 0 Å². The summed E-state index contributed by atoms with van der Waals surface area (Å²) in [6.45, 7) is 2.27. The molecule has 0 aromatic rings. The molecule has 1 saturated carbocycles. The molecule has 2 aliphatic rings. The fraction of sp³-hybridized carbons (Fsp3) is 1.00. The van der Waals surface area contributed by atoms with E-state index in [2.05, 4.69) is 6.92 Å². The highest BCUT2D eigenvalue weighted by molar-refractivity contribution is 7.99. The summed E-state index contributed by atoms with van der Waals surface area (Å²) in [7, 11) is 0. The molecule has 2 rings (SSSR count). The lowest BCUT2D eigenvalue weighted by atomic mass is 9.73. The van der Waals surface area contributed by atoms with Gasteiger partial charge in [0.25, 0.3) is 0 Å². The number of hydrogen-bond donors (Lipinski definition) is 2. The van der Waals surface area contributed by atoms with Crippen LogP contribution in [-0.4, -0.2) is 27.8 Å². The van der Waals surface area contributed by atoms with Crippen molar-refractivity contribution in [3.63, 3.8) is 0 Å². The van der Waals surface area contributed by atoms with Gasteiger partial charge in [-0.3, -0.25) is 0 Å². The molecule has 0 amide bonds. The standard InChI is InChI=1S/C14H27NOS/c1-2-12-5-3-8-14(16,9-6-12)13(15)7-4-10-17-11-13/h12,16H,2-11,15H2,1H3. The molecule has 3 heteroatoms. The molecule has 17 heavy (non-hydrogen) atoms. The van der Waals surface area contributed by atoms with Gasteiger partial charge in [-0.25, -0.2) is 0 Å². The lowest BCUT2D eigenvalue weighted by Gasteiger charge is -2.46. The van der Waals surface area contributed by atoms with E-state index in [1.54, 1.807) is 0 Å². The van der Waals surface area contributed by atoms with Gasteiger partial charge in [0.05, 0.1) is 11.1 Å². The molecule has 3 atom stereocenters. The largest absolute Gasteiger partial charge is 0.388 e. The normalized spacial score (nSPS) is 44.3. The Hall–Kier alpha value is 0.270. The van der Waals surface area contributed by atoms with E-state index in [4.69, 9.17) is 5.73 Å². The van der Waals surface area contributed by atoms with Crippen LogP contribution in [0.2, 0.25) is 0 Å². The van der Waals surface area contributed by atoms with E-state index < -0.39 is 5.60 Å². The van der Waals surface area contributed by atoms with Gasteiger partial charge in [-0.2, -0.15) is 11.8 Å². The molecule has 1 aliphatic carbocycles. The predicted molar refractivity (Wildman–Crippen MR) is 75.3 cm³/mol. The molecule has 0 aromatic carbocycles. The minimum atomic E-state index is -0.593. The number of aliphatic hydroxyl groups is 1. The Morgan fingerprint density at radius 3 is 2.71 bits per heavy atom. The van der Waals surface area contributed by atoms with Gasteiger partial charge in [0.15, 0.2) is 0 Å². The summed E-state index contributed by atoms with van der Waals surface area (Å²) in [5, 5.41) is 11.0. The zero-order chi connectivity index (χ0) is 12.4. The van der Waals surface area contributed by atoms with E-state index in [0.29, 0.717) is 0 Å². The second-order valence-corrected chi connectivity index (χ2v) is 7.15. The first kappa shape index (κ1) is 13.7. The Balaban J connectivity index is 2.06. The highest BCUT2D eigenvalue weighted by Crippen LogP contribution is 2.42. The molecule has 0 bridgehead atoms. The monoisotopic (exact) mass is 257 g/mol. The van der Waals surface area contributed by atoms with E-state index in [1.165, 1.54) is 25.0 Å². The van der Waals surface area contributed by atoms with Crippen molar-refractivity contribution in [3.05, 3.63) is 0 Å². The molecule has 1 aliphatic heterocycles.